The third-order valence-electron chi connectivity index (χ3n) is 4.73. The van der Waals surface area contributed by atoms with Crippen LogP contribution in [0.5, 0.6) is 0 Å². The predicted molar refractivity (Wildman–Crippen MR) is 123 cm³/mol. The van der Waals surface area contributed by atoms with Crippen molar-refractivity contribution in [2.24, 2.45) is 0 Å². The Labute approximate surface area is 187 Å². The van der Waals surface area contributed by atoms with Gasteiger partial charge in [0.25, 0.3) is 0 Å². The number of imidazole rings is 1. The van der Waals surface area contributed by atoms with Crippen molar-refractivity contribution in [2.45, 2.75) is 56.0 Å². The highest BCUT2D eigenvalue weighted by Gasteiger charge is 2.21. The van der Waals surface area contributed by atoms with Crippen molar-refractivity contribution in [3.8, 4) is 0 Å². The van der Waals surface area contributed by atoms with Gasteiger partial charge in [-0.1, -0.05) is 80.0 Å². The summed E-state index contributed by atoms with van der Waals surface area (Å²) in [6, 6.07) is 14.3. The van der Waals surface area contributed by atoms with E-state index in [1.807, 2.05) is 12.1 Å². The van der Waals surface area contributed by atoms with E-state index in [2.05, 4.69) is 49.6 Å². The minimum Gasteiger partial charge on any atom is -0.396 e. The Morgan fingerprint density at radius 1 is 1.03 bits per heavy atom. The van der Waals surface area contributed by atoms with Gasteiger partial charge in [-0.25, -0.2) is 4.98 Å². The van der Waals surface area contributed by atoms with Crippen molar-refractivity contribution < 1.29 is 5.11 Å². The topological polar surface area (TPSA) is 38.0 Å². The number of aliphatic hydroxyl groups is 1. The maximum atomic E-state index is 9.58. The number of aryl methyl sites for hydroxylation is 1. The maximum absolute atomic E-state index is 9.58. The molecule has 0 aliphatic heterocycles. The van der Waals surface area contributed by atoms with E-state index in [0.29, 0.717) is 23.0 Å². The number of hydrogen-bond donors (Lipinski definition) is 1. The first-order chi connectivity index (χ1) is 13.9. The van der Waals surface area contributed by atoms with Crippen molar-refractivity contribution in [1.82, 2.24) is 9.55 Å². The van der Waals surface area contributed by atoms with Crippen LogP contribution in [0, 0.1) is 0 Å². The lowest BCUT2D eigenvalue weighted by molar-refractivity contribution is 0.294. The molecule has 1 heterocycles. The van der Waals surface area contributed by atoms with Gasteiger partial charge in [0.2, 0.25) is 0 Å². The normalized spacial score (nSPS) is 11.4. The van der Waals surface area contributed by atoms with E-state index in [-0.39, 0.29) is 12.5 Å². The molecular weight excluding hydrogens is 423 g/mol. The van der Waals surface area contributed by atoms with Crippen LogP contribution in [0.2, 0.25) is 10.0 Å². The van der Waals surface area contributed by atoms with Crippen LogP contribution in [0.1, 0.15) is 49.3 Å². The van der Waals surface area contributed by atoms with Crippen LogP contribution in [0.3, 0.4) is 0 Å². The van der Waals surface area contributed by atoms with Crippen LogP contribution in [-0.2, 0) is 19.4 Å². The molecule has 29 heavy (non-hydrogen) atoms. The summed E-state index contributed by atoms with van der Waals surface area (Å²) in [4.78, 5) is 5.86. The number of hydrogen-bond acceptors (Lipinski definition) is 3. The highest BCUT2D eigenvalue weighted by Crippen LogP contribution is 2.37. The zero-order chi connectivity index (χ0) is 21.0. The third kappa shape index (κ3) is 5.58. The number of benzene rings is 2. The average molecular weight is 449 g/mol. The lowest BCUT2D eigenvalue weighted by atomic mass is 10.1. The molecule has 0 bridgehead atoms. The molecule has 0 radical (unpaired) electrons. The third-order valence-corrected chi connectivity index (χ3v) is 6.26. The predicted octanol–water partition coefficient (Wildman–Crippen LogP) is 6.61. The molecule has 0 saturated carbocycles. The van der Waals surface area contributed by atoms with E-state index < -0.39 is 0 Å². The fraction of sp³-hybridized carbons (Fsp3) is 0.348. The molecule has 0 fully saturated rings. The van der Waals surface area contributed by atoms with Crippen molar-refractivity contribution in [3.05, 3.63) is 75.2 Å². The van der Waals surface area contributed by atoms with Crippen molar-refractivity contribution >= 4 is 35.0 Å². The summed E-state index contributed by atoms with van der Waals surface area (Å²) < 4.78 is 2.21. The summed E-state index contributed by atoms with van der Waals surface area (Å²) in [7, 11) is 0. The van der Waals surface area contributed by atoms with Crippen LogP contribution < -0.4 is 0 Å². The van der Waals surface area contributed by atoms with Crippen LogP contribution in [0.4, 0.5) is 0 Å². The van der Waals surface area contributed by atoms with Gasteiger partial charge in [0.15, 0.2) is 0 Å². The number of nitrogens with zero attached hydrogens (tertiary/aromatic N) is 2. The number of aliphatic hydroxyl groups excluding tert-OH is 1. The minimum absolute atomic E-state index is 0.0659. The van der Waals surface area contributed by atoms with Gasteiger partial charge in [-0.3, -0.25) is 0 Å². The van der Waals surface area contributed by atoms with Gasteiger partial charge in [0, 0.05) is 27.9 Å². The van der Waals surface area contributed by atoms with E-state index in [4.69, 9.17) is 28.2 Å². The Hall–Kier alpha value is -1.46. The second-order valence-corrected chi connectivity index (χ2v) is 9.25. The molecule has 6 heteroatoms. The molecule has 0 aliphatic rings. The maximum Gasteiger partial charge on any atom is 0.112 e. The summed E-state index contributed by atoms with van der Waals surface area (Å²) in [5.41, 5.74) is 3.56. The molecular formula is C23H26Cl2N2OS. The van der Waals surface area contributed by atoms with Crippen molar-refractivity contribution in [1.29, 1.82) is 0 Å². The summed E-state index contributed by atoms with van der Waals surface area (Å²) in [5, 5.41) is 11.9. The molecule has 0 saturated heterocycles. The van der Waals surface area contributed by atoms with Gasteiger partial charge in [-0.05, 0) is 41.7 Å². The first-order valence-electron chi connectivity index (χ1n) is 9.83. The molecule has 1 aromatic heterocycles. The first-order valence-corrected chi connectivity index (χ1v) is 11.4. The zero-order valence-electron chi connectivity index (χ0n) is 17.0. The van der Waals surface area contributed by atoms with Gasteiger partial charge >= 0.3 is 0 Å². The van der Waals surface area contributed by atoms with Crippen LogP contribution in [0.25, 0.3) is 0 Å². The van der Waals surface area contributed by atoms with E-state index in [9.17, 15) is 5.11 Å². The molecule has 3 rings (SSSR count). The summed E-state index contributed by atoms with van der Waals surface area (Å²) in [6.07, 6.45) is 1.54. The lowest BCUT2D eigenvalue weighted by Crippen LogP contribution is -2.08. The molecule has 2 aromatic carbocycles. The molecule has 0 aliphatic carbocycles. The van der Waals surface area contributed by atoms with Gasteiger partial charge < -0.3 is 9.67 Å². The second kappa shape index (κ2) is 10.0. The van der Waals surface area contributed by atoms with E-state index in [1.165, 1.54) is 11.1 Å². The summed E-state index contributed by atoms with van der Waals surface area (Å²) in [5.74, 6) is 1.15. The van der Waals surface area contributed by atoms with Crippen molar-refractivity contribution in [2.75, 3.05) is 6.61 Å². The highest BCUT2D eigenvalue weighted by molar-refractivity contribution is 7.99. The zero-order valence-corrected chi connectivity index (χ0v) is 19.3. The smallest absolute Gasteiger partial charge is 0.112 e. The number of rotatable bonds is 8. The van der Waals surface area contributed by atoms with Crippen LogP contribution >= 0.6 is 35.0 Å². The average Bonchev–Trinajstić information content (AvgIpc) is 2.99. The van der Waals surface area contributed by atoms with E-state index in [1.54, 1.807) is 17.8 Å². The summed E-state index contributed by atoms with van der Waals surface area (Å²) in [6.45, 7) is 7.21. The largest absolute Gasteiger partial charge is 0.396 e. The molecule has 1 N–H and O–H groups in total. The Kier molecular flexibility index (Phi) is 7.69. The van der Waals surface area contributed by atoms with Crippen molar-refractivity contribution in [3.63, 3.8) is 0 Å². The van der Waals surface area contributed by atoms with Crippen LogP contribution in [-0.4, -0.2) is 21.3 Å². The lowest BCUT2D eigenvalue weighted by Gasteiger charge is -2.14. The molecule has 0 atom stereocenters. The fourth-order valence-corrected chi connectivity index (χ4v) is 5.12. The fourth-order valence-electron chi connectivity index (χ4n) is 3.20. The second-order valence-electron chi connectivity index (χ2n) is 7.31. The number of halogens is 2. The number of aromatic nitrogens is 2. The van der Waals surface area contributed by atoms with E-state index >= 15 is 0 Å². The highest BCUT2D eigenvalue weighted by atomic mass is 35.5. The minimum atomic E-state index is 0.0659. The first kappa shape index (κ1) is 22.2. The van der Waals surface area contributed by atoms with Gasteiger partial charge in [-0.2, -0.15) is 0 Å². The SMILES string of the molecule is CCc1ccc(Cn2c(CCO)nc(C(C)C)c2Sc2cc(Cl)cc(Cl)c2)cc1. The summed E-state index contributed by atoms with van der Waals surface area (Å²) >= 11 is 14.1. The Morgan fingerprint density at radius 2 is 1.66 bits per heavy atom. The van der Waals surface area contributed by atoms with Gasteiger partial charge in [0.1, 0.15) is 10.9 Å². The molecule has 3 nitrogen and oxygen atoms in total. The van der Waals surface area contributed by atoms with E-state index in [0.717, 1.165) is 27.9 Å². The molecule has 3 aromatic rings. The quantitative estimate of drug-likeness (QED) is 0.421. The standard InChI is InChI=1S/C23H26Cl2N2OS/c1-4-16-5-7-17(8-6-16)14-27-21(9-10-28)26-22(15(2)3)23(27)29-20-12-18(24)11-19(25)13-20/h5-8,11-13,15,28H,4,9-10,14H2,1-3H3. The van der Waals surface area contributed by atoms with Gasteiger partial charge in [0.05, 0.1) is 12.3 Å². The van der Waals surface area contributed by atoms with Gasteiger partial charge in [-0.15, -0.1) is 0 Å². The molecule has 154 valence electrons. The van der Waals surface area contributed by atoms with Crippen LogP contribution in [0.15, 0.2) is 52.4 Å². The Balaban J connectivity index is 2.05. The molecule has 0 unspecified atom stereocenters. The Bertz CT molecular complexity index is 948. The Morgan fingerprint density at radius 3 is 2.21 bits per heavy atom. The molecule has 0 amide bonds. The molecule has 0 spiro atoms. The monoisotopic (exact) mass is 448 g/mol.